The van der Waals surface area contributed by atoms with E-state index in [9.17, 15) is 19.2 Å². The fraction of sp³-hybridized carbons (Fsp3) is 0.474. The molecule has 9 heteroatoms. The van der Waals surface area contributed by atoms with Crippen LogP contribution in [0.15, 0.2) is 18.2 Å². The Morgan fingerprint density at radius 2 is 2.04 bits per heavy atom. The van der Waals surface area contributed by atoms with Crippen LogP contribution in [0, 0.1) is 11.8 Å². The number of likely N-dealkylation sites (tertiary alicyclic amines) is 1. The third kappa shape index (κ3) is 2.34. The van der Waals surface area contributed by atoms with E-state index in [-0.39, 0.29) is 18.4 Å². The molecule has 2 saturated heterocycles. The van der Waals surface area contributed by atoms with E-state index in [1.54, 1.807) is 25.1 Å². The predicted octanol–water partition coefficient (Wildman–Crippen LogP) is 0.734. The fourth-order valence-corrected chi connectivity index (χ4v) is 4.98. The SMILES string of the molecule is CC[C@H](C)N1C(=O)[C@@H]2[C@H](CC(N)=O)N[C@]3(C(=O)Nc4ccc(Cl)cc43)[C@@H]2C1=O. The Labute approximate surface area is 166 Å². The van der Waals surface area contributed by atoms with Crippen molar-refractivity contribution in [2.45, 2.75) is 44.3 Å². The summed E-state index contributed by atoms with van der Waals surface area (Å²) in [6.45, 7) is 3.67. The Morgan fingerprint density at radius 3 is 2.68 bits per heavy atom. The largest absolute Gasteiger partial charge is 0.370 e. The zero-order chi connectivity index (χ0) is 20.4. The highest BCUT2D eigenvalue weighted by molar-refractivity contribution is 6.31. The van der Waals surface area contributed by atoms with Crippen LogP contribution in [0.25, 0.3) is 0 Å². The molecule has 1 aromatic rings. The van der Waals surface area contributed by atoms with Crippen LogP contribution in [0.3, 0.4) is 0 Å². The molecule has 8 nitrogen and oxygen atoms in total. The number of anilines is 1. The Kier molecular flexibility index (Phi) is 4.24. The topological polar surface area (TPSA) is 122 Å². The lowest BCUT2D eigenvalue weighted by Crippen LogP contribution is -2.54. The zero-order valence-corrected chi connectivity index (χ0v) is 16.2. The van der Waals surface area contributed by atoms with Crippen molar-refractivity contribution in [3.63, 3.8) is 0 Å². The molecule has 4 rings (SSSR count). The molecule has 148 valence electrons. The van der Waals surface area contributed by atoms with E-state index >= 15 is 0 Å². The number of primary amides is 1. The summed E-state index contributed by atoms with van der Waals surface area (Å²) >= 11 is 6.16. The molecule has 0 aromatic heterocycles. The minimum Gasteiger partial charge on any atom is -0.370 e. The summed E-state index contributed by atoms with van der Waals surface area (Å²) in [7, 11) is 0. The number of nitrogens with one attached hydrogen (secondary N) is 2. The van der Waals surface area contributed by atoms with Crippen LogP contribution in [-0.2, 0) is 24.7 Å². The Morgan fingerprint density at radius 1 is 1.32 bits per heavy atom. The first-order chi connectivity index (χ1) is 13.2. The number of nitrogens with zero attached hydrogens (tertiary/aromatic N) is 1. The number of rotatable bonds is 4. The first-order valence-corrected chi connectivity index (χ1v) is 9.64. The maximum absolute atomic E-state index is 13.4. The van der Waals surface area contributed by atoms with Crippen molar-refractivity contribution in [2.75, 3.05) is 5.32 Å². The van der Waals surface area contributed by atoms with Gasteiger partial charge in [0.25, 0.3) is 0 Å². The third-order valence-electron chi connectivity index (χ3n) is 6.16. The van der Waals surface area contributed by atoms with Crippen molar-refractivity contribution < 1.29 is 19.2 Å². The highest BCUT2D eigenvalue weighted by atomic mass is 35.5. The van der Waals surface area contributed by atoms with Crippen molar-refractivity contribution in [2.24, 2.45) is 17.6 Å². The van der Waals surface area contributed by atoms with E-state index in [0.29, 0.717) is 22.7 Å². The molecule has 28 heavy (non-hydrogen) atoms. The standard InChI is InChI=1S/C19H21ClN4O4/c1-3-8(2)24-16(26)14-12(7-13(21)25)23-19(15(14)17(24)27)10-6-9(20)4-5-11(10)22-18(19)28/h4-6,8,12,14-15,23H,3,7H2,1-2H3,(H2,21,25)(H,22,28)/t8-,12-,14+,15-,19-/m0/s1. The molecule has 5 atom stereocenters. The van der Waals surface area contributed by atoms with Gasteiger partial charge in [-0.15, -0.1) is 0 Å². The summed E-state index contributed by atoms with van der Waals surface area (Å²) in [5.74, 6) is -3.63. The number of halogens is 1. The van der Waals surface area contributed by atoms with Crippen LogP contribution >= 0.6 is 11.6 Å². The van der Waals surface area contributed by atoms with Gasteiger partial charge >= 0.3 is 0 Å². The van der Waals surface area contributed by atoms with Crippen LogP contribution in [0.1, 0.15) is 32.3 Å². The van der Waals surface area contributed by atoms with Gasteiger partial charge in [-0.3, -0.25) is 29.4 Å². The molecule has 0 unspecified atom stereocenters. The van der Waals surface area contributed by atoms with E-state index in [0.717, 1.165) is 0 Å². The lowest BCUT2D eigenvalue weighted by atomic mass is 9.76. The first-order valence-electron chi connectivity index (χ1n) is 9.26. The second-order valence-electron chi connectivity index (χ2n) is 7.68. The van der Waals surface area contributed by atoms with Gasteiger partial charge in [-0.05, 0) is 31.5 Å². The fourth-order valence-electron chi connectivity index (χ4n) is 4.80. The predicted molar refractivity (Wildman–Crippen MR) is 101 cm³/mol. The Hall–Kier alpha value is -2.45. The average Bonchev–Trinajstić information content (AvgIpc) is 3.20. The minimum atomic E-state index is -1.46. The van der Waals surface area contributed by atoms with E-state index < -0.39 is 41.1 Å². The Bertz CT molecular complexity index is 919. The van der Waals surface area contributed by atoms with Crippen molar-refractivity contribution in [1.82, 2.24) is 10.2 Å². The molecule has 3 heterocycles. The van der Waals surface area contributed by atoms with Crippen LogP contribution in [0.2, 0.25) is 5.02 Å². The van der Waals surface area contributed by atoms with Gasteiger partial charge in [0.15, 0.2) is 0 Å². The van der Waals surface area contributed by atoms with Crippen molar-refractivity contribution >= 4 is 40.9 Å². The van der Waals surface area contributed by atoms with Crippen LogP contribution in [-0.4, -0.2) is 40.6 Å². The molecule has 0 bridgehead atoms. The third-order valence-corrected chi connectivity index (χ3v) is 6.40. The number of hydrogen-bond acceptors (Lipinski definition) is 5. The number of carbonyl (C=O) groups is 4. The number of carbonyl (C=O) groups excluding carboxylic acids is 4. The van der Waals surface area contributed by atoms with Crippen molar-refractivity contribution in [1.29, 1.82) is 0 Å². The van der Waals surface area contributed by atoms with Gasteiger partial charge in [-0.2, -0.15) is 0 Å². The molecule has 3 aliphatic rings. The number of benzene rings is 1. The van der Waals surface area contributed by atoms with Crippen LogP contribution < -0.4 is 16.4 Å². The number of amides is 4. The van der Waals surface area contributed by atoms with Gasteiger partial charge in [0, 0.05) is 34.8 Å². The lowest BCUT2D eigenvalue weighted by Gasteiger charge is -2.31. The highest BCUT2D eigenvalue weighted by Crippen LogP contribution is 2.54. The molecule has 0 radical (unpaired) electrons. The van der Waals surface area contributed by atoms with Gasteiger partial charge in [0.1, 0.15) is 5.54 Å². The lowest BCUT2D eigenvalue weighted by molar-refractivity contribution is -0.145. The molecular weight excluding hydrogens is 384 g/mol. The second-order valence-corrected chi connectivity index (χ2v) is 8.12. The van der Waals surface area contributed by atoms with Crippen LogP contribution in [0.5, 0.6) is 0 Å². The van der Waals surface area contributed by atoms with Gasteiger partial charge in [0.05, 0.1) is 11.8 Å². The molecule has 0 saturated carbocycles. The quantitative estimate of drug-likeness (QED) is 0.639. The maximum Gasteiger partial charge on any atom is 0.250 e. The summed E-state index contributed by atoms with van der Waals surface area (Å²) in [5.41, 5.74) is 4.97. The first kappa shape index (κ1) is 18.9. The molecule has 2 fully saturated rings. The van der Waals surface area contributed by atoms with Gasteiger partial charge in [-0.1, -0.05) is 18.5 Å². The number of hydrogen-bond donors (Lipinski definition) is 3. The summed E-state index contributed by atoms with van der Waals surface area (Å²) in [6.07, 6.45) is 0.436. The molecule has 3 aliphatic heterocycles. The number of fused-ring (bicyclic) bond motifs is 4. The van der Waals surface area contributed by atoms with Crippen molar-refractivity contribution in [3.05, 3.63) is 28.8 Å². The Balaban J connectivity index is 1.90. The zero-order valence-electron chi connectivity index (χ0n) is 15.5. The smallest absolute Gasteiger partial charge is 0.250 e. The summed E-state index contributed by atoms with van der Waals surface area (Å²) in [5, 5.41) is 6.31. The normalized spacial score (nSPS) is 31.9. The molecule has 4 amide bonds. The number of nitrogens with two attached hydrogens (primary N) is 1. The van der Waals surface area contributed by atoms with Crippen LogP contribution in [0.4, 0.5) is 5.69 Å². The summed E-state index contributed by atoms with van der Waals surface area (Å²) < 4.78 is 0. The van der Waals surface area contributed by atoms with E-state index in [1.807, 2.05) is 6.92 Å². The number of imide groups is 1. The summed E-state index contributed by atoms with van der Waals surface area (Å²) in [6, 6.07) is 3.90. The minimum absolute atomic E-state index is 0.153. The van der Waals surface area contributed by atoms with Gasteiger partial charge in [0.2, 0.25) is 23.6 Å². The second kappa shape index (κ2) is 6.28. The van der Waals surface area contributed by atoms with E-state index in [1.165, 1.54) is 4.90 Å². The molecule has 1 spiro atoms. The molecule has 0 aliphatic carbocycles. The maximum atomic E-state index is 13.4. The molecule has 1 aromatic carbocycles. The van der Waals surface area contributed by atoms with E-state index in [4.69, 9.17) is 17.3 Å². The van der Waals surface area contributed by atoms with Gasteiger partial charge in [-0.25, -0.2) is 0 Å². The highest BCUT2D eigenvalue weighted by Gasteiger charge is 2.70. The van der Waals surface area contributed by atoms with E-state index in [2.05, 4.69) is 10.6 Å². The average molecular weight is 405 g/mol. The summed E-state index contributed by atoms with van der Waals surface area (Å²) in [4.78, 5) is 52.5. The van der Waals surface area contributed by atoms with Crippen molar-refractivity contribution in [3.8, 4) is 0 Å². The molecule has 4 N–H and O–H groups in total. The monoisotopic (exact) mass is 404 g/mol. The molecular formula is C19H21ClN4O4. The van der Waals surface area contributed by atoms with Gasteiger partial charge < -0.3 is 11.1 Å².